The van der Waals surface area contributed by atoms with Gasteiger partial charge in [0.05, 0.1) is 5.75 Å². The van der Waals surface area contributed by atoms with E-state index in [2.05, 4.69) is 4.72 Å². The topological polar surface area (TPSA) is 72.2 Å². The van der Waals surface area contributed by atoms with Crippen LogP contribution in [0.15, 0.2) is 0 Å². The van der Waals surface area contributed by atoms with E-state index < -0.39 is 10.0 Å². The van der Waals surface area contributed by atoms with Crippen molar-refractivity contribution in [2.24, 2.45) is 11.7 Å². The van der Waals surface area contributed by atoms with Crippen LogP contribution in [0, 0.1) is 5.92 Å². The fraction of sp³-hybridized carbons (Fsp3) is 1.00. The molecule has 0 amide bonds. The van der Waals surface area contributed by atoms with Gasteiger partial charge in [-0.25, -0.2) is 13.1 Å². The van der Waals surface area contributed by atoms with Crippen LogP contribution in [0.4, 0.5) is 0 Å². The Kier molecular flexibility index (Phi) is 4.34. The molecule has 0 aliphatic heterocycles. The SMILES string of the molecule is C[C@H](CN)NS(=O)(=O)CC1CCCC1. The molecule has 1 fully saturated rings. The van der Waals surface area contributed by atoms with Crippen molar-refractivity contribution in [3.63, 3.8) is 0 Å². The van der Waals surface area contributed by atoms with Crippen molar-refractivity contribution in [3.8, 4) is 0 Å². The van der Waals surface area contributed by atoms with Crippen LogP contribution >= 0.6 is 0 Å². The molecule has 0 saturated heterocycles. The van der Waals surface area contributed by atoms with E-state index in [9.17, 15) is 8.42 Å². The second-order valence-corrected chi connectivity index (χ2v) is 5.99. The first kappa shape index (κ1) is 11.9. The Balaban J connectivity index is 2.40. The van der Waals surface area contributed by atoms with Crippen LogP contribution in [0.25, 0.3) is 0 Å². The van der Waals surface area contributed by atoms with Gasteiger partial charge in [0.15, 0.2) is 0 Å². The van der Waals surface area contributed by atoms with Gasteiger partial charge in [-0.2, -0.15) is 0 Å². The third-order valence-corrected chi connectivity index (χ3v) is 4.34. The summed E-state index contributed by atoms with van der Waals surface area (Å²) in [7, 11) is -3.11. The zero-order valence-electron chi connectivity index (χ0n) is 8.70. The first-order valence-corrected chi connectivity index (χ1v) is 6.89. The summed E-state index contributed by atoms with van der Waals surface area (Å²) in [6.45, 7) is 2.14. The number of nitrogens with two attached hydrogens (primary N) is 1. The second-order valence-electron chi connectivity index (χ2n) is 4.19. The Morgan fingerprint density at radius 1 is 1.43 bits per heavy atom. The van der Waals surface area contributed by atoms with Crippen molar-refractivity contribution >= 4 is 10.0 Å². The number of hydrogen-bond donors (Lipinski definition) is 2. The maximum Gasteiger partial charge on any atom is 0.212 e. The van der Waals surface area contributed by atoms with E-state index >= 15 is 0 Å². The first-order chi connectivity index (χ1) is 6.53. The Hall–Kier alpha value is -0.130. The molecule has 0 heterocycles. The molecule has 0 radical (unpaired) electrons. The van der Waals surface area contributed by atoms with E-state index in [0.717, 1.165) is 12.8 Å². The van der Waals surface area contributed by atoms with Crippen LogP contribution in [0.2, 0.25) is 0 Å². The van der Waals surface area contributed by atoms with Crippen molar-refractivity contribution in [1.29, 1.82) is 0 Å². The lowest BCUT2D eigenvalue weighted by molar-refractivity contribution is 0.534. The number of hydrogen-bond acceptors (Lipinski definition) is 3. The summed E-state index contributed by atoms with van der Waals surface area (Å²) in [6, 6.07) is -0.151. The van der Waals surface area contributed by atoms with Crippen molar-refractivity contribution in [1.82, 2.24) is 4.72 Å². The normalized spacial score (nSPS) is 21.3. The predicted molar refractivity (Wildman–Crippen MR) is 57.4 cm³/mol. The van der Waals surface area contributed by atoms with Gasteiger partial charge in [-0.05, 0) is 25.7 Å². The van der Waals surface area contributed by atoms with Gasteiger partial charge in [0.1, 0.15) is 0 Å². The summed E-state index contributed by atoms with van der Waals surface area (Å²) < 4.78 is 25.8. The molecule has 0 aromatic carbocycles. The van der Waals surface area contributed by atoms with Gasteiger partial charge in [0.2, 0.25) is 10.0 Å². The number of rotatable bonds is 5. The lowest BCUT2D eigenvalue weighted by Gasteiger charge is -2.14. The van der Waals surface area contributed by atoms with E-state index in [0.29, 0.717) is 12.5 Å². The van der Waals surface area contributed by atoms with Gasteiger partial charge >= 0.3 is 0 Å². The van der Waals surface area contributed by atoms with Crippen LogP contribution in [-0.4, -0.2) is 26.8 Å². The molecular weight excluding hydrogens is 200 g/mol. The average Bonchev–Trinajstić information content (AvgIpc) is 2.54. The quantitative estimate of drug-likeness (QED) is 0.706. The van der Waals surface area contributed by atoms with E-state index in [1.807, 2.05) is 0 Å². The number of sulfonamides is 1. The van der Waals surface area contributed by atoms with Crippen LogP contribution in [0.1, 0.15) is 32.6 Å². The Morgan fingerprint density at radius 2 is 2.00 bits per heavy atom. The molecule has 4 nitrogen and oxygen atoms in total. The molecule has 0 aromatic heterocycles. The highest BCUT2D eigenvalue weighted by molar-refractivity contribution is 7.89. The molecule has 1 rings (SSSR count). The van der Waals surface area contributed by atoms with Gasteiger partial charge in [0, 0.05) is 12.6 Å². The minimum Gasteiger partial charge on any atom is -0.329 e. The zero-order valence-corrected chi connectivity index (χ0v) is 9.52. The summed E-state index contributed by atoms with van der Waals surface area (Å²) in [6.07, 6.45) is 4.45. The molecular formula is C9H20N2O2S. The van der Waals surface area contributed by atoms with Crippen LogP contribution in [0.3, 0.4) is 0 Å². The van der Waals surface area contributed by atoms with Gasteiger partial charge in [-0.3, -0.25) is 0 Å². The van der Waals surface area contributed by atoms with Gasteiger partial charge < -0.3 is 5.73 Å². The molecule has 0 aromatic rings. The molecule has 84 valence electrons. The van der Waals surface area contributed by atoms with Gasteiger partial charge in [-0.1, -0.05) is 12.8 Å². The summed E-state index contributed by atoms with van der Waals surface area (Å²) in [4.78, 5) is 0. The second kappa shape index (κ2) is 5.09. The third kappa shape index (κ3) is 3.94. The van der Waals surface area contributed by atoms with E-state index in [1.165, 1.54) is 12.8 Å². The largest absolute Gasteiger partial charge is 0.329 e. The summed E-state index contributed by atoms with van der Waals surface area (Å²) in [5.74, 6) is 0.634. The standard InChI is InChI=1S/C9H20N2O2S/c1-8(6-10)11-14(12,13)7-9-4-2-3-5-9/h8-9,11H,2-7,10H2,1H3/t8-/m1/s1. The van der Waals surface area contributed by atoms with Gasteiger partial charge in [0.25, 0.3) is 0 Å². The number of nitrogens with one attached hydrogen (secondary N) is 1. The van der Waals surface area contributed by atoms with E-state index in [-0.39, 0.29) is 11.8 Å². The van der Waals surface area contributed by atoms with Crippen molar-refractivity contribution < 1.29 is 8.42 Å². The zero-order chi connectivity index (χ0) is 10.6. The molecule has 1 aliphatic carbocycles. The molecule has 1 atom stereocenters. The molecule has 1 saturated carbocycles. The fourth-order valence-electron chi connectivity index (χ4n) is 1.89. The van der Waals surface area contributed by atoms with E-state index in [1.54, 1.807) is 6.92 Å². The van der Waals surface area contributed by atoms with Crippen LogP contribution in [0.5, 0.6) is 0 Å². The lowest BCUT2D eigenvalue weighted by Crippen LogP contribution is -2.40. The molecule has 0 bridgehead atoms. The van der Waals surface area contributed by atoms with Crippen molar-refractivity contribution in [2.45, 2.75) is 38.6 Å². The minimum absolute atomic E-state index is 0.151. The highest BCUT2D eigenvalue weighted by atomic mass is 32.2. The Morgan fingerprint density at radius 3 is 2.50 bits per heavy atom. The summed E-state index contributed by atoms with van der Waals surface area (Å²) >= 11 is 0. The van der Waals surface area contributed by atoms with Crippen molar-refractivity contribution in [3.05, 3.63) is 0 Å². The highest BCUT2D eigenvalue weighted by Gasteiger charge is 2.23. The molecule has 0 unspecified atom stereocenters. The van der Waals surface area contributed by atoms with Gasteiger partial charge in [-0.15, -0.1) is 0 Å². The maximum absolute atomic E-state index is 11.6. The average molecular weight is 220 g/mol. The molecule has 1 aliphatic rings. The Labute approximate surface area is 86.3 Å². The highest BCUT2D eigenvalue weighted by Crippen LogP contribution is 2.25. The molecule has 14 heavy (non-hydrogen) atoms. The van der Waals surface area contributed by atoms with Crippen LogP contribution in [-0.2, 0) is 10.0 Å². The smallest absolute Gasteiger partial charge is 0.212 e. The predicted octanol–water partition coefficient (Wildman–Crippen LogP) is 0.443. The minimum atomic E-state index is -3.11. The Bertz CT molecular complexity index is 258. The van der Waals surface area contributed by atoms with Crippen molar-refractivity contribution in [2.75, 3.05) is 12.3 Å². The summed E-state index contributed by atoms with van der Waals surface area (Å²) in [5, 5.41) is 0. The molecule has 3 N–H and O–H groups in total. The maximum atomic E-state index is 11.6. The van der Waals surface area contributed by atoms with E-state index in [4.69, 9.17) is 5.73 Å². The first-order valence-electron chi connectivity index (χ1n) is 5.23. The monoisotopic (exact) mass is 220 g/mol. The molecule has 5 heteroatoms. The third-order valence-electron chi connectivity index (χ3n) is 2.66. The fourth-order valence-corrected chi connectivity index (χ4v) is 3.65. The summed E-state index contributed by atoms with van der Waals surface area (Å²) in [5.41, 5.74) is 5.36. The van der Waals surface area contributed by atoms with Crippen LogP contribution < -0.4 is 10.5 Å². The molecule has 0 spiro atoms. The lowest BCUT2D eigenvalue weighted by atomic mass is 10.1.